The predicted molar refractivity (Wildman–Crippen MR) is 83.3 cm³/mol. The van der Waals surface area contributed by atoms with E-state index >= 15 is 0 Å². The van der Waals surface area contributed by atoms with Gasteiger partial charge in [-0.25, -0.2) is 0 Å². The summed E-state index contributed by atoms with van der Waals surface area (Å²) in [5.41, 5.74) is 7.21. The monoisotopic (exact) mass is 304 g/mol. The van der Waals surface area contributed by atoms with E-state index in [-0.39, 0.29) is 23.9 Å². The van der Waals surface area contributed by atoms with Gasteiger partial charge >= 0.3 is 0 Å². The quantitative estimate of drug-likeness (QED) is 0.877. The first-order valence-corrected chi connectivity index (χ1v) is 6.63. The van der Waals surface area contributed by atoms with Crippen LogP contribution in [0, 0.1) is 6.92 Å². The number of hydrogen-bond acceptors (Lipinski definition) is 2. The smallest absolute Gasteiger partial charge is 0.252 e. The van der Waals surface area contributed by atoms with Crippen LogP contribution in [0.25, 0.3) is 0 Å². The zero-order valence-corrected chi connectivity index (χ0v) is 13.2. The van der Waals surface area contributed by atoms with Gasteiger partial charge in [0.2, 0.25) is 0 Å². The van der Waals surface area contributed by atoms with Crippen LogP contribution in [0.4, 0.5) is 0 Å². The van der Waals surface area contributed by atoms with Gasteiger partial charge in [-0.05, 0) is 31.4 Å². The fraction of sp³-hybridized carbons (Fsp3) is 0.500. The second-order valence-electron chi connectivity index (χ2n) is 4.69. The minimum atomic E-state index is -0.341. The molecule has 0 fully saturated rings. The van der Waals surface area contributed by atoms with E-state index in [9.17, 15) is 4.79 Å². The van der Waals surface area contributed by atoms with Gasteiger partial charge in [0, 0.05) is 12.1 Å². The number of hydrogen-bond donors (Lipinski definition) is 2. The van der Waals surface area contributed by atoms with Gasteiger partial charge in [-0.2, -0.15) is 0 Å². The van der Waals surface area contributed by atoms with Gasteiger partial charge < -0.3 is 11.1 Å². The Labute approximate surface area is 126 Å². The maximum absolute atomic E-state index is 12.0. The molecule has 1 amide bonds. The van der Waals surface area contributed by atoms with E-state index < -0.39 is 0 Å². The van der Waals surface area contributed by atoms with Gasteiger partial charge in [0.15, 0.2) is 0 Å². The molecule has 0 saturated heterocycles. The lowest BCUT2D eigenvalue weighted by Gasteiger charge is -2.26. The van der Waals surface area contributed by atoms with Crippen LogP contribution in [0.1, 0.15) is 42.6 Å². The zero-order valence-electron chi connectivity index (χ0n) is 11.6. The molecule has 0 saturated carbocycles. The molecule has 0 aromatic heterocycles. The highest BCUT2D eigenvalue weighted by Gasteiger charge is 2.21. The molecule has 0 unspecified atom stereocenters. The molecule has 0 aliphatic rings. The average molecular weight is 305 g/mol. The van der Waals surface area contributed by atoms with Crippen molar-refractivity contribution in [3.8, 4) is 0 Å². The molecule has 1 aromatic carbocycles. The maximum atomic E-state index is 12.0. The van der Waals surface area contributed by atoms with E-state index in [0.717, 1.165) is 18.4 Å². The van der Waals surface area contributed by atoms with Crippen molar-refractivity contribution in [2.75, 3.05) is 6.54 Å². The molecule has 0 aliphatic heterocycles. The van der Waals surface area contributed by atoms with Crippen molar-refractivity contribution in [2.24, 2.45) is 5.73 Å². The molecule has 5 heteroatoms. The maximum Gasteiger partial charge on any atom is 0.252 e. The summed E-state index contributed by atoms with van der Waals surface area (Å²) in [4.78, 5) is 12.0. The molecule has 0 atom stereocenters. The third kappa shape index (κ3) is 4.68. The molecule has 1 rings (SSSR count). The van der Waals surface area contributed by atoms with Crippen LogP contribution in [0.2, 0.25) is 5.02 Å². The minimum Gasteiger partial charge on any atom is -0.350 e. The van der Waals surface area contributed by atoms with Crippen molar-refractivity contribution in [1.29, 1.82) is 0 Å². The number of aryl methyl sites for hydroxylation is 1. The molecule has 0 heterocycles. The van der Waals surface area contributed by atoms with Gasteiger partial charge in [-0.15, -0.1) is 12.4 Å². The number of benzene rings is 1. The Morgan fingerprint density at radius 3 is 2.47 bits per heavy atom. The van der Waals surface area contributed by atoms with E-state index in [1.54, 1.807) is 6.07 Å². The van der Waals surface area contributed by atoms with E-state index in [4.69, 9.17) is 17.3 Å². The van der Waals surface area contributed by atoms with E-state index in [0.29, 0.717) is 17.1 Å². The van der Waals surface area contributed by atoms with Crippen molar-refractivity contribution in [3.05, 3.63) is 34.3 Å². The topological polar surface area (TPSA) is 55.1 Å². The summed E-state index contributed by atoms with van der Waals surface area (Å²) in [5.74, 6) is -0.166. The van der Waals surface area contributed by atoms with Crippen molar-refractivity contribution >= 4 is 29.9 Å². The Balaban J connectivity index is 0.00000324. The van der Waals surface area contributed by atoms with Gasteiger partial charge in [0.05, 0.1) is 10.6 Å². The molecule has 1 aromatic rings. The van der Waals surface area contributed by atoms with E-state index in [1.807, 2.05) is 32.9 Å². The Hall–Kier alpha value is -0.770. The van der Waals surface area contributed by atoms with Gasteiger partial charge in [-0.3, -0.25) is 4.79 Å². The van der Waals surface area contributed by atoms with Crippen LogP contribution >= 0.6 is 24.0 Å². The van der Waals surface area contributed by atoms with Gasteiger partial charge in [0.1, 0.15) is 0 Å². The SMILES string of the molecule is CCC(N)(CC)CNC(=O)c1cccc(C)c1Cl.Cl. The summed E-state index contributed by atoms with van der Waals surface area (Å²) < 4.78 is 0. The summed E-state index contributed by atoms with van der Waals surface area (Å²) in [6.45, 7) is 6.39. The molecular weight excluding hydrogens is 283 g/mol. The van der Waals surface area contributed by atoms with Crippen LogP contribution < -0.4 is 11.1 Å². The first kappa shape index (κ1) is 18.2. The Kier molecular flexibility index (Phi) is 7.42. The number of halogens is 2. The largest absolute Gasteiger partial charge is 0.350 e. The van der Waals surface area contributed by atoms with E-state index in [2.05, 4.69) is 5.32 Å². The summed E-state index contributed by atoms with van der Waals surface area (Å²) in [6.07, 6.45) is 1.65. The fourth-order valence-corrected chi connectivity index (χ4v) is 1.89. The molecule has 19 heavy (non-hydrogen) atoms. The fourth-order valence-electron chi connectivity index (χ4n) is 1.67. The summed E-state index contributed by atoms with van der Waals surface area (Å²) in [6, 6.07) is 5.43. The highest BCUT2D eigenvalue weighted by Crippen LogP contribution is 2.20. The first-order chi connectivity index (χ1) is 8.43. The summed E-state index contributed by atoms with van der Waals surface area (Å²) in [5, 5.41) is 3.37. The number of rotatable bonds is 5. The molecule has 0 radical (unpaired) electrons. The molecule has 3 nitrogen and oxygen atoms in total. The van der Waals surface area contributed by atoms with Gasteiger partial charge in [0.25, 0.3) is 5.91 Å². The second-order valence-corrected chi connectivity index (χ2v) is 5.07. The number of carbonyl (C=O) groups is 1. The average Bonchev–Trinajstić information content (AvgIpc) is 2.39. The standard InChI is InChI=1S/C14H21ClN2O.ClH/c1-4-14(16,5-2)9-17-13(18)11-8-6-7-10(3)12(11)15;/h6-8H,4-5,9,16H2,1-3H3,(H,17,18);1H. The third-order valence-electron chi connectivity index (χ3n) is 3.45. The lowest BCUT2D eigenvalue weighted by molar-refractivity contribution is 0.0942. The summed E-state index contributed by atoms with van der Waals surface area (Å²) >= 11 is 6.11. The molecular formula is C14H22Cl2N2O. The van der Waals surface area contributed by atoms with Crippen LogP contribution in [0.15, 0.2) is 18.2 Å². The van der Waals surface area contributed by atoms with Crippen LogP contribution in [0.3, 0.4) is 0 Å². The van der Waals surface area contributed by atoms with Crippen molar-refractivity contribution in [2.45, 2.75) is 39.2 Å². The molecule has 0 bridgehead atoms. The van der Waals surface area contributed by atoms with Crippen LogP contribution in [-0.4, -0.2) is 18.0 Å². The molecule has 0 spiro atoms. The number of carbonyl (C=O) groups excluding carboxylic acids is 1. The normalized spacial score (nSPS) is 10.8. The van der Waals surface area contributed by atoms with Crippen LogP contribution in [0.5, 0.6) is 0 Å². The number of nitrogens with one attached hydrogen (secondary N) is 1. The van der Waals surface area contributed by atoms with Gasteiger partial charge in [-0.1, -0.05) is 37.6 Å². The zero-order chi connectivity index (χ0) is 13.8. The minimum absolute atomic E-state index is 0. The lowest BCUT2D eigenvalue weighted by atomic mass is 9.94. The second kappa shape index (κ2) is 7.73. The molecule has 108 valence electrons. The molecule has 3 N–H and O–H groups in total. The highest BCUT2D eigenvalue weighted by atomic mass is 35.5. The number of nitrogens with two attached hydrogens (primary N) is 1. The third-order valence-corrected chi connectivity index (χ3v) is 3.95. The van der Waals surface area contributed by atoms with Crippen molar-refractivity contribution in [1.82, 2.24) is 5.32 Å². The van der Waals surface area contributed by atoms with E-state index in [1.165, 1.54) is 0 Å². The van der Waals surface area contributed by atoms with Crippen molar-refractivity contribution < 1.29 is 4.79 Å². The Bertz CT molecular complexity index is 431. The van der Waals surface area contributed by atoms with Crippen LogP contribution in [-0.2, 0) is 0 Å². The Morgan fingerprint density at radius 2 is 1.95 bits per heavy atom. The molecule has 0 aliphatic carbocycles. The first-order valence-electron chi connectivity index (χ1n) is 6.25. The lowest BCUT2D eigenvalue weighted by Crippen LogP contribution is -2.49. The number of amides is 1. The highest BCUT2D eigenvalue weighted by molar-refractivity contribution is 6.34. The summed E-state index contributed by atoms with van der Waals surface area (Å²) in [7, 11) is 0. The predicted octanol–water partition coefficient (Wildman–Crippen LogP) is 3.32. The van der Waals surface area contributed by atoms with Crippen molar-refractivity contribution in [3.63, 3.8) is 0 Å². The Morgan fingerprint density at radius 1 is 1.37 bits per heavy atom.